The average molecular weight is 351 g/mol. The Labute approximate surface area is 147 Å². The zero-order valence-electron chi connectivity index (χ0n) is 13.4. The van der Waals surface area contributed by atoms with Crippen LogP contribution >= 0.6 is 11.3 Å². The van der Waals surface area contributed by atoms with Crippen molar-refractivity contribution >= 4 is 27.9 Å². The summed E-state index contributed by atoms with van der Waals surface area (Å²) in [4.78, 5) is 17.9. The van der Waals surface area contributed by atoms with Crippen LogP contribution in [-0.2, 0) is 0 Å². The first-order valence-electron chi connectivity index (χ1n) is 7.71. The number of fused-ring (bicyclic) bond motifs is 1. The summed E-state index contributed by atoms with van der Waals surface area (Å²) in [6, 6.07) is 11.9. The van der Waals surface area contributed by atoms with Crippen LogP contribution in [0.5, 0.6) is 0 Å². The van der Waals surface area contributed by atoms with Gasteiger partial charge >= 0.3 is 0 Å². The van der Waals surface area contributed by atoms with E-state index in [9.17, 15) is 9.18 Å². The second kappa shape index (κ2) is 6.14. The van der Waals surface area contributed by atoms with E-state index in [1.165, 1.54) is 6.07 Å². The van der Waals surface area contributed by atoms with Crippen molar-refractivity contribution < 1.29 is 9.18 Å². The molecule has 25 heavy (non-hydrogen) atoms. The van der Waals surface area contributed by atoms with E-state index in [-0.39, 0.29) is 11.5 Å². The van der Waals surface area contributed by atoms with E-state index in [1.54, 1.807) is 30.4 Å². The molecule has 1 amide bonds. The number of carbonyl (C=O) groups is 1. The van der Waals surface area contributed by atoms with Crippen molar-refractivity contribution in [1.29, 1.82) is 0 Å². The SMILES string of the molecule is Cc1ccc(C(=O)Nc2ccccc2-c2cn3ccsc3n2)cc1F. The number of halogens is 1. The first kappa shape index (κ1) is 15.5. The summed E-state index contributed by atoms with van der Waals surface area (Å²) in [5, 5.41) is 4.82. The molecule has 0 bridgehead atoms. The largest absolute Gasteiger partial charge is 0.321 e. The number of aromatic nitrogens is 2. The summed E-state index contributed by atoms with van der Waals surface area (Å²) in [7, 11) is 0. The lowest BCUT2D eigenvalue weighted by molar-refractivity contribution is 0.102. The number of nitrogens with one attached hydrogen (secondary N) is 1. The molecule has 2 heterocycles. The highest BCUT2D eigenvalue weighted by Crippen LogP contribution is 2.28. The molecular formula is C19H14FN3OS. The molecule has 4 nitrogen and oxygen atoms in total. The number of thiazole rings is 1. The molecule has 0 saturated heterocycles. The summed E-state index contributed by atoms with van der Waals surface area (Å²) >= 11 is 1.55. The number of rotatable bonds is 3. The molecule has 2 aromatic carbocycles. The van der Waals surface area contributed by atoms with Crippen LogP contribution in [0.4, 0.5) is 10.1 Å². The number of nitrogens with zero attached hydrogens (tertiary/aromatic N) is 2. The Kier molecular flexibility index (Phi) is 3.82. The van der Waals surface area contributed by atoms with Crippen LogP contribution in [0.3, 0.4) is 0 Å². The van der Waals surface area contributed by atoms with Gasteiger partial charge in [-0.3, -0.25) is 9.20 Å². The highest BCUT2D eigenvalue weighted by atomic mass is 32.1. The molecule has 0 atom stereocenters. The number of aryl methyl sites for hydroxylation is 1. The van der Waals surface area contributed by atoms with Crippen LogP contribution in [0.2, 0.25) is 0 Å². The molecule has 2 aromatic heterocycles. The Balaban J connectivity index is 1.68. The normalized spacial score (nSPS) is 11.0. The van der Waals surface area contributed by atoms with E-state index in [0.717, 1.165) is 16.2 Å². The summed E-state index contributed by atoms with van der Waals surface area (Å²) < 4.78 is 15.7. The molecule has 1 N–H and O–H groups in total. The fourth-order valence-electron chi connectivity index (χ4n) is 2.60. The summed E-state index contributed by atoms with van der Waals surface area (Å²) in [5.74, 6) is -0.748. The van der Waals surface area contributed by atoms with Crippen molar-refractivity contribution in [3.63, 3.8) is 0 Å². The van der Waals surface area contributed by atoms with Gasteiger partial charge in [-0.1, -0.05) is 24.3 Å². The van der Waals surface area contributed by atoms with Crippen molar-refractivity contribution in [2.45, 2.75) is 6.92 Å². The van der Waals surface area contributed by atoms with E-state index in [4.69, 9.17) is 0 Å². The van der Waals surface area contributed by atoms with E-state index in [2.05, 4.69) is 10.3 Å². The smallest absolute Gasteiger partial charge is 0.255 e. The molecule has 0 aliphatic carbocycles. The monoisotopic (exact) mass is 351 g/mol. The number of carbonyl (C=O) groups excluding carboxylic acids is 1. The Hall–Kier alpha value is -2.99. The Morgan fingerprint density at radius 1 is 1.24 bits per heavy atom. The van der Waals surface area contributed by atoms with Gasteiger partial charge in [-0.05, 0) is 30.7 Å². The topological polar surface area (TPSA) is 46.4 Å². The molecule has 0 aliphatic heterocycles. The maximum atomic E-state index is 13.7. The van der Waals surface area contributed by atoms with Crippen LogP contribution in [0.15, 0.2) is 60.2 Å². The van der Waals surface area contributed by atoms with Crippen LogP contribution in [0.25, 0.3) is 16.2 Å². The zero-order valence-corrected chi connectivity index (χ0v) is 14.2. The first-order valence-corrected chi connectivity index (χ1v) is 8.59. The Morgan fingerprint density at radius 3 is 2.88 bits per heavy atom. The quantitative estimate of drug-likeness (QED) is 0.578. The second-order valence-electron chi connectivity index (χ2n) is 5.68. The maximum absolute atomic E-state index is 13.7. The number of imidazole rings is 1. The molecular weight excluding hydrogens is 337 g/mol. The van der Waals surface area contributed by atoms with Gasteiger partial charge in [0.15, 0.2) is 4.96 Å². The molecule has 0 aliphatic rings. The van der Waals surface area contributed by atoms with Gasteiger partial charge in [0, 0.05) is 28.9 Å². The van der Waals surface area contributed by atoms with Gasteiger partial charge in [-0.2, -0.15) is 0 Å². The molecule has 0 spiro atoms. The predicted molar refractivity (Wildman–Crippen MR) is 97.6 cm³/mol. The number of anilines is 1. The summed E-state index contributed by atoms with van der Waals surface area (Å²) in [6.07, 6.45) is 3.86. The highest BCUT2D eigenvalue weighted by molar-refractivity contribution is 7.15. The third-order valence-electron chi connectivity index (χ3n) is 3.98. The molecule has 6 heteroatoms. The minimum atomic E-state index is -0.393. The molecule has 4 rings (SSSR count). The minimum Gasteiger partial charge on any atom is -0.321 e. The predicted octanol–water partition coefficient (Wildman–Crippen LogP) is 4.76. The van der Waals surface area contributed by atoms with Crippen LogP contribution < -0.4 is 5.32 Å². The first-order chi connectivity index (χ1) is 12.1. The number of hydrogen-bond acceptors (Lipinski definition) is 3. The van der Waals surface area contributed by atoms with E-state index >= 15 is 0 Å². The molecule has 0 saturated carbocycles. The molecule has 0 radical (unpaired) electrons. The maximum Gasteiger partial charge on any atom is 0.255 e. The van der Waals surface area contributed by atoms with Crippen LogP contribution in [0, 0.1) is 12.7 Å². The van der Waals surface area contributed by atoms with Crippen molar-refractivity contribution in [1.82, 2.24) is 9.38 Å². The molecule has 4 aromatic rings. The van der Waals surface area contributed by atoms with Gasteiger partial charge in [0.25, 0.3) is 5.91 Å². The van der Waals surface area contributed by atoms with E-state index in [1.807, 2.05) is 46.4 Å². The van der Waals surface area contributed by atoms with Crippen molar-refractivity contribution in [2.24, 2.45) is 0 Å². The van der Waals surface area contributed by atoms with Gasteiger partial charge in [-0.15, -0.1) is 11.3 Å². The summed E-state index contributed by atoms with van der Waals surface area (Å²) in [5.41, 5.74) is 3.02. The van der Waals surface area contributed by atoms with Crippen molar-refractivity contribution in [3.8, 4) is 11.3 Å². The third-order valence-corrected chi connectivity index (χ3v) is 4.75. The standard InChI is InChI=1S/C19H14FN3OS/c1-12-6-7-13(10-15(12)20)18(24)21-16-5-3-2-4-14(16)17-11-23-8-9-25-19(23)22-17/h2-11H,1H3,(H,21,24). The van der Waals surface area contributed by atoms with Gasteiger partial charge in [0.2, 0.25) is 0 Å². The van der Waals surface area contributed by atoms with E-state index < -0.39 is 5.82 Å². The number of benzene rings is 2. The second-order valence-corrected chi connectivity index (χ2v) is 6.56. The molecule has 124 valence electrons. The van der Waals surface area contributed by atoms with Crippen molar-refractivity contribution in [2.75, 3.05) is 5.32 Å². The number of hydrogen-bond donors (Lipinski definition) is 1. The Bertz CT molecular complexity index is 1050. The third kappa shape index (κ3) is 2.92. The Morgan fingerprint density at radius 2 is 2.08 bits per heavy atom. The summed E-state index contributed by atoms with van der Waals surface area (Å²) in [6.45, 7) is 1.66. The van der Waals surface area contributed by atoms with Gasteiger partial charge in [-0.25, -0.2) is 9.37 Å². The van der Waals surface area contributed by atoms with Crippen molar-refractivity contribution in [3.05, 3.63) is 77.2 Å². The minimum absolute atomic E-state index is 0.281. The zero-order chi connectivity index (χ0) is 17.4. The average Bonchev–Trinajstić information content (AvgIpc) is 3.19. The molecule has 0 fully saturated rings. The number of para-hydroxylation sites is 1. The lowest BCUT2D eigenvalue weighted by atomic mass is 10.1. The molecule has 0 unspecified atom stereocenters. The van der Waals surface area contributed by atoms with Crippen LogP contribution in [-0.4, -0.2) is 15.3 Å². The van der Waals surface area contributed by atoms with E-state index in [0.29, 0.717) is 11.3 Å². The lowest BCUT2D eigenvalue weighted by Crippen LogP contribution is -2.13. The number of amides is 1. The van der Waals surface area contributed by atoms with Gasteiger partial charge in [0.05, 0.1) is 11.4 Å². The fourth-order valence-corrected chi connectivity index (χ4v) is 3.30. The van der Waals surface area contributed by atoms with Gasteiger partial charge in [0.1, 0.15) is 5.82 Å². The fraction of sp³-hybridized carbons (Fsp3) is 0.0526. The lowest BCUT2D eigenvalue weighted by Gasteiger charge is -2.10. The van der Waals surface area contributed by atoms with Gasteiger partial charge < -0.3 is 5.32 Å². The van der Waals surface area contributed by atoms with Crippen LogP contribution in [0.1, 0.15) is 15.9 Å². The highest BCUT2D eigenvalue weighted by Gasteiger charge is 2.13.